The first-order chi connectivity index (χ1) is 9.65. The monoisotopic (exact) mass is 268 g/mol. The minimum Gasteiger partial charge on any atom is -0.379 e. The molecular formula is C16H20N4. The molecule has 0 amide bonds. The SMILES string of the molecule is CC(C)CC(CN)Nc1c(C#N)cnc2ccccc12. The molecule has 0 spiro atoms. The predicted molar refractivity (Wildman–Crippen MR) is 82.4 cm³/mol. The summed E-state index contributed by atoms with van der Waals surface area (Å²) in [7, 11) is 0. The number of nitrogens with one attached hydrogen (secondary N) is 1. The van der Waals surface area contributed by atoms with Gasteiger partial charge in [0.2, 0.25) is 0 Å². The summed E-state index contributed by atoms with van der Waals surface area (Å²) >= 11 is 0. The second-order valence-corrected chi connectivity index (χ2v) is 5.38. The number of anilines is 1. The van der Waals surface area contributed by atoms with Crippen LogP contribution in [0.15, 0.2) is 30.5 Å². The molecule has 0 radical (unpaired) electrons. The first-order valence-electron chi connectivity index (χ1n) is 6.90. The Balaban J connectivity index is 2.43. The van der Waals surface area contributed by atoms with Gasteiger partial charge in [0.1, 0.15) is 6.07 Å². The van der Waals surface area contributed by atoms with Crippen LogP contribution in [0.4, 0.5) is 5.69 Å². The van der Waals surface area contributed by atoms with Gasteiger partial charge in [-0.05, 0) is 18.4 Å². The van der Waals surface area contributed by atoms with Crippen molar-refractivity contribution in [2.45, 2.75) is 26.3 Å². The van der Waals surface area contributed by atoms with Gasteiger partial charge in [0.25, 0.3) is 0 Å². The number of para-hydroxylation sites is 1. The van der Waals surface area contributed by atoms with E-state index in [0.29, 0.717) is 18.0 Å². The Bertz CT molecular complexity index is 628. The maximum atomic E-state index is 9.28. The van der Waals surface area contributed by atoms with Crippen LogP contribution in [-0.4, -0.2) is 17.6 Å². The van der Waals surface area contributed by atoms with Crippen molar-refractivity contribution in [3.8, 4) is 6.07 Å². The lowest BCUT2D eigenvalue weighted by Gasteiger charge is -2.21. The molecule has 0 saturated heterocycles. The van der Waals surface area contributed by atoms with E-state index in [4.69, 9.17) is 5.73 Å². The molecule has 0 aliphatic carbocycles. The van der Waals surface area contributed by atoms with Gasteiger partial charge in [-0.25, -0.2) is 0 Å². The summed E-state index contributed by atoms with van der Waals surface area (Å²) in [5, 5.41) is 13.7. The minimum atomic E-state index is 0.160. The van der Waals surface area contributed by atoms with Crippen molar-refractivity contribution in [2.24, 2.45) is 11.7 Å². The number of nitriles is 1. The van der Waals surface area contributed by atoms with Crippen molar-refractivity contribution in [3.63, 3.8) is 0 Å². The van der Waals surface area contributed by atoms with E-state index in [9.17, 15) is 5.26 Å². The van der Waals surface area contributed by atoms with Crippen molar-refractivity contribution < 1.29 is 0 Å². The number of benzene rings is 1. The van der Waals surface area contributed by atoms with Crippen molar-refractivity contribution in [3.05, 3.63) is 36.0 Å². The molecule has 2 aromatic rings. The third kappa shape index (κ3) is 3.06. The zero-order valence-electron chi connectivity index (χ0n) is 11.9. The molecule has 1 heterocycles. The fraction of sp³-hybridized carbons (Fsp3) is 0.375. The van der Waals surface area contributed by atoms with Crippen LogP contribution >= 0.6 is 0 Å². The van der Waals surface area contributed by atoms with Gasteiger partial charge >= 0.3 is 0 Å². The molecule has 0 saturated carbocycles. The summed E-state index contributed by atoms with van der Waals surface area (Å²) in [6, 6.07) is 10.2. The molecule has 1 aromatic heterocycles. The Hall–Kier alpha value is -2.12. The first kappa shape index (κ1) is 14.3. The third-order valence-corrected chi connectivity index (χ3v) is 3.28. The van der Waals surface area contributed by atoms with Gasteiger partial charge in [-0.15, -0.1) is 0 Å². The van der Waals surface area contributed by atoms with Crippen LogP contribution in [0.5, 0.6) is 0 Å². The van der Waals surface area contributed by atoms with Crippen molar-refractivity contribution in [1.29, 1.82) is 5.26 Å². The topological polar surface area (TPSA) is 74.7 Å². The zero-order chi connectivity index (χ0) is 14.5. The third-order valence-electron chi connectivity index (χ3n) is 3.28. The summed E-state index contributed by atoms with van der Waals surface area (Å²) in [6.45, 7) is 4.88. The van der Waals surface area contributed by atoms with Gasteiger partial charge in [-0.3, -0.25) is 4.98 Å². The first-order valence-corrected chi connectivity index (χ1v) is 6.90. The van der Waals surface area contributed by atoms with Crippen LogP contribution in [0.2, 0.25) is 0 Å². The molecule has 0 aliphatic rings. The molecule has 1 aromatic carbocycles. The zero-order valence-corrected chi connectivity index (χ0v) is 11.9. The number of nitrogens with two attached hydrogens (primary N) is 1. The van der Waals surface area contributed by atoms with Gasteiger partial charge in [0, 0.05) is 24.2 Å². The molecule has 0 fully saturated rings. The molecular weight excluding hydrogens is 248 g/mol. The molecule has 0 aliphatic heterocycles. The largest absolute Gasteiger partial charge is 0.379 e. The fourth-order valence-corrected chi connectivity index (χ4v) is 2.37. The van der Waals surface area contributed by atoms with E-state index in [1.54, 1.807) is 6.20 Å². The molecule has 1 unspecified atom stereocenters. The van der Waals surface area contributed by atoms with Crippen molar-refractivity contribution in [1.82, 2.24) is 4.98 Å². The Labute approximate surface area is 119 Å². The molecule has 4 heteroatoms. The molecule has 4 nitrogen and oxygen atoms in total. The quantitative estimate of drug-likeness (QED) is 0.874. The Morgan fingerprint density at radius 1 is 1.35 bits per heavy atom. The number of aromatic nitrogens is 1. The van der Waals surface area contributed by atoms with Crippen molar-refractivity contribution >= 4 is 16.6 Å². The minimum absolute atomic E-state index is 0.160. The second kappa shape index (κ2) is 6.36. The second-order valence-electron chi connectivity index (χ2n) is 5.38. The summed E-state index contributed by atoms with van der Waals surface area (Å²) in [4.78, 5) is 4.31. The van der Waals surface area contributed by atoms with Crippen LogP contribution in [-0.2, 0) is 0 Å². The normalized spacial score (nSPS) is 12.3. The van der Waals surface area contributed by atoms with Crippen LogP contribution < -0.4 is 11.1 Å². The smallest absolute Gasteiger partial charge is 0.103 e. The van der Waals surface area contributed by atoms with Crippen LogP contribution in [0.25, 0.3) is 10.9 Å². The molecule has 1 atom stereocenters. The number of pyridine rings is 1. The number of hydrogen-bond donors (Lipinski definition) is 2. The number of rotatable bonds is 5. The summed E-state index contributed by atoms with van der Waals surface area (Å²) in [6.07, 6.45) is 2.59. The average Bonchev–Trinajstić information content (AvgIpc) is 2.46. The summed E-state index contributed by atoms with van der Waals surface area (Å²) in [5.74, 6) is 0.551. The maximum Gasteiger partial charge on any atom is 0.103 e. The number of nitrogens with zero attached hydrogens (tertiary/aromatic N) is 2. The van der Waals surface area contributed by atoms with E-state index in [1.807, 2.05) is 24.3 Å². The van der Waals surface area contributed by atoms with E-state index in [2.05, 4.69) is 30.2 Å². The molecule has 104 valence electrons. The highest BCUT2D eigenvalue weighted by atomic mass is 14.9. The Morgan fingerprint density at radius 3 is 2.75 bits per heavy atom. The van der Waals surface area contributed by atoms with Crippen LogP contribution in [0, 0.1) is 17.2 Å². The number of hydrogen-bond acceptors (Lipinski definition) is 4. The summed E-state index contributed by atoms with van der Waals surface area (Å²) < 4.78 is 0. The van der Waals surface area contributed by atoms with E-state index in [0.717, 1.165) is 23.0 Å². The molecule has 20 heavy (non-hydrogen) atoms. The van der Waals surface area contributed by atoms with Gasteiger partial charge in [-0.1, -0.05) is 32.0 Å². The highest BCUT2D eigenvalue weighted by molar-refractivity contribution is 5.93. The summed E-state index contributed by atoms with van der Waals surface area (Å²) in [5.41, 5.74) is 8.13. The van der Waals surface area contributed by atoms with Crippen LogP contribution in [0.3, 0.4) is 0 Å². The number of fused-ring (bicyclic) bond motifs is 1. The van der Waals surface area contributed by atoms with Gasteiger partial charge < -0.3 is 11.1 Å². The fourth-order valence-electron chi connectivity index (χ4n) is 2.37. The highest BCUT2D eigenvalue weighted by Gasteiger charge is 2.14. The maximum absolute atomic E-state index is 9.28. The highest BCUT2D eigenvalue weighted by Crippen LogP contribution is 2.26. The lowest BCUT2D eigenvalue weighted by Crippen LogP contribution is -2.30. The predicted octanol–water partition coefficient (Wildman–Crippen LogP) is 2.89. The van der Waals surface area contributed by atoms with E-state index in [-0.39, 0.29) is 6.04 Å². The Kier molecular flexibility index (Phi) is 4.54. The van der Waals surface area contributed by atoms with E-state index in [1.165, 1.54) is 0 Å². The lowest BCUT2D eigenvalue weighted by molar-refractivity contribution is 0.522. The molecule has 3 N–H and O–H groups in total. The Morgan fingerprint density at radius 2 is 2.10 bits per heavy atom. The van der Waals surface area contributed by atoms with Gasteiger partial charge in [0.15, 0.2) is 0 Å². The van der Waals surface area contributed by atoms with Gasteiger partial charge in [0.05, 0.1) is 16.8 Å². The van der Waals surface area contributed by atoms with Crippen molar-refractivity contribution in [2.75, 3.05) is 11.9 Å². The average molecular weight is 268 g/mol. The molecule has 0 bridgehead atoms. The van der Waals surface area contributed by atoms with Gasteiger partial charge in [-0.2, -0.15) is 5.26 Å². The van der Waals surface area contributed by atoms with E-state index >= 15 is 0 Å². The lowest BCUT2D eigenvalue weighted by atomic mass is 10.0. The van der Waals surface area contributed by atoms with Crippen LogP contribution in [0.1, 0.15) is 25.8 Å². The standard InChI is InChI=1S/C16H20N4/c1-11(2)7-13(9-18)20-16-12(8-17)10-19-15-6-4-3-5-14(15)16/h3-6,10-11,13H,7,9,18H2,1-2H3,(H,19,20). The van der Waals surface area contributed by atoms with E-state index < -0.39 is 0 Å². The molecule has 2 rings (SSSR count).